The Labute approximate surface area is 100 Å². The van der Waals surface area contributed by atoms with E-state index in [4.69, 9.17) is 12.2 Å². The molecule has 0 saturated heterocycles. The Hall–Kier alpha value is -0.430. The molecule has 0 radical (unpaired) electrons. The summed E-state index contributed by atoms with van der Waals surface area (Å²) >= 11 is 5.26. The summed E-state index contributed by atoms with van der Waals surface area (Å²) in [5.74, 6) is 0. The van der Waals surface area contributed by atoms with Crippen molar-refractivity contribution in [1.82, 2.24) is 0 Å². The van der Waals surface area contributed by atoms with E-state index in [0.29, 0.717) is 0 Å². The number of allylic oxidation sites excluding steroid dienone is 3. The minimum absolute atomic E-state index is 0.225. The molecule has 15 heavy (non-hydrogen) atoms. The predicted octanol–water partition coefficient (Wildman–Crippen LogP) is 5.10. The highest BCUT2D eigenvalue weighted by Gasteiger charge is 2.16. The molecule has 0 amide bonds. The first-order chi connectivity index (χ1) is 6.82. The highest BCUT2D eigenvalue weighted by Crippen LogP contribution is 2.30. The van der Waals surface area contributed by atoms with E-state index in [1.165, 1.54) is 12.0 Å². The molecule has 0 aliphatic carbocycles. The van der Waals surface area contributed by atoms with Crippen LogP contribution in [0.3, 0.4) is 0 Å². The summed E-state index contributed by atoms with van der Waals surface area (Å²) in [7, 11) is 0. The van der Waals surface area contributed by atoms with Crippen LogP contribution in [-0.2, 0) is 0 Å². The van der Waals surface area contributed by atoms with Crippen LogP contribution in [0.2, 0.25) is 0 Å². The van der Waals surface area contributed by atoms with Crippen molar-refractivity contribution in [2.24, 2.45) is 5.41 Å². The van der Waals surface area contributed by atoms with Crippen molar-refractivity contribution in [3.05, 3.63) is 23.8 Å². The summed E-state index contributed by atoms with van der Waals surface area (Å²) in [5, 5.41) is 0. The lowest BCUT2D eigenvalue weighted by Gasteiger charge is -2.23. The molecule has 0 unspecified atom stereocenters. The Morgan fingerprint density at radius 2 is 1.80 bits per heavy atom. The Kier molecular flexibility index (Phi) is 6.04. The van der Waals surface area contributed by atoms with E-state index >= 15 is 0 Å². The molecule has 86 valence electrons. The average molecular weight is 224 g/mol. The quantitative estimate of drug-likeness (QED) is 0.356. The molecule has 1 heteroatoms. The van der Waals surface area contributed by atoms with Crippen molar-refractivity contribution in [2.75, 3.05) is 0 Å². The summed E-state index contributed by atoms with van der Waals surface area (Å²) in [6, 6.07) is 0. The van der Waals surface area contributed by atoms with Gasteiger partial charge in [0.25, 0.3) is 0 Å². The van der Waals surface area contributed by atoms with E-state index in [-0.39, 0.29) is 5.41 Å². The fraction of sp³-hybridized carbons (Fsp3) is 0.643. The highest BCUT2D eigenvalue weighted by molar-refractivity contribution is 7.80. The molecule has 0 N–H and O–H groups in total. The Morgan fingerprint density at radius 1 is 1.27 bits per heavy atom. The molecular weight excluding hydrogens is 200 g/mol. The summed E-state index contributed by atoms with van der Waals surface area (Å²) in [5.41, 5.74) is 2.69. The van der Waals surface area contributed by atoms with Crippen LogP contribution in [0, 0.1) is 5.41 Å². The summed E-state index contributed by atoms with van der Waals surface area (Å²) in [6.45, 7) is 15.1. The van der Waals surface area contributed by atoms with Gasteiger partial charge in [-0.2, -0.15) is 0 Å². The molecule has 0 saturated carbocycles. The third kappa shape index (κ3) is 5.27. The second kappa shape index (κ2) is 6.22. The van der Waals surface area contributed by atoms with Crippen LogP contribution in [0.1, 0.15) is 53.9 Å². The van der Waals surface area contributed by atoms with Gasteiger partial charge in [-0.05, 0) is 23.8 Å². The second-order valence-electron chi connectivity index (χ2n) is 4.97. The van der Waals surface area contributed by atoms with E-state index in [0.717, 1.165) is 23.3 Å². The van der Waals surface area contributed by atoms with Crippen molar-refractivity contribution in [3.63, 3.8) is 0 Å². The van der Waals surface area contributed by atoms with E-state index < -0.39 is 0 Å². The fourth-order valence-corrected chi connectivity index (χ4v) is 1.51. The predicted molar refractivity (Wildman–Crippen MR) is 74.5 cm³/mol. The Morgan fingerprint density at radius 3 is 2.13 bits per heavy atom. The fourth-order valence-electron chi connectivity index (χ4n) is 1.45. The van der Waals surface area contributed by atoms with Gasteiger partial charge in [0.15, 0.2) is 0 Å². The van der Waals surface area contributed by atoms with E-state index in [1.54, 1.807) is 0 Å². The van der Waals surface area contributed by atoms with Gasteiger partial charge in [0.1, 0.15) is 0 Å². The zero-order valence-electron chi connectivity index (χ0n) is 10.8. The summed E-state index contributed by atoms with van der Waals surface area (Å²) < 4.78 is 0. The van der Waals surface area contributed by atoms with Gasteiger partial charge in [0.2, 0.25) is 0 Å². The van der Waals surface area contributed by atoms with Crippen molar-refractivity contribution in [2.45, 2.75) is 53.9 Å². The van der Waals surface area contributed by atoms with Gasteiger partial charge in [0, 0.05) is 4.86 Å². The third-order valence-electron chi connectivity index (χ3n) is 2.51. The molecule has 0 aliphatic heterocycles. The molecule has 0 spiro atoms. The van der Waals surface area contributed by atoms with E-state index in [9.17, 15) is 0 Å². The maximum Gasteiger partial charge on any atom is 0.0215 e. The topological polar surface area (TPSA) is 0 Å². The standard InChI is InChI=1S/C14H24S/c1-7-9-12(14(4,5)6)10-11(3)13(15)8-2/h10H,3,7-9H2,1-2,4-6H3/b12-10+. The molecule has 0 aromatic heterocycles. The Bertz CT molecular complexity index is 264. The second-order valence-corrected chi connectivity index (χ2v) is 5.46. The number of rotatable bonds is 5. The molecule has 0 fully saturated rings. The number of hydrogen-bond donors (Lipinski definition) is 0. The first-order valence-corrected chi connectivity index (χ1v) is 6.16. The van der Waals surface area contributed by atoms with Crippen molar-refractivity contribution < 1.29 is 0 Å². The van der Waals surface area contributed by atoms with Crippen LogP contribution in [0.4, 0.5) is 0 Å². The van der Waals surface area contributed by atoms with Crippen LogP contribution in [0.15, 0.2) is 23.8 Å². The van der Waals surface area contributed by atoms with Gasteiger partial charge < -0.3 is 0 Å². The first-order valence-electron chi connectivity index (χ1n) is 5.76. The SMILES string of the molecule is C=C(/C=C(\CCC)C(C)(C)C)C(=S)CC. The van der Waals surface area contributed by atoms with Crippen molar-refractivity contribution in [1.29, 1.82) is 0 Å². The van der Waals surface area contributed by atoms with Gasteiger partial charge >= 0.3 is 0 Å². The molecule has 0 atom stereocenters. The third-order valence-corrected chi connectivity index (χ3v) is 3.06. The molecule has 0 heterocycles. The van der Waals surface area contributed by atoms with Gasteiger partial charge in [-0.25, -0.2) is 0 Å². The molecule has 0 aromatic carbocycles. The first kappa shape index (κ1) is 14.6. The smallest absolute Gasteiger partial charge is 0.0215 e. The zero-order valence-corrected chi connectivity index (χ0v) is 11.6. The van der Waals surface area contributed by atoms with Crippen LogP contribution in [-0.4, -0.2) is 4.86 Å². The minimum atomic E-state index is 0.225. The summed E-state index contributed by atoms with van der Waals surface area (Å²) in [6.07, 6.45) is 5.41. The zero-order chi connectivity index (χ0) is 12.1. The number of thiocarbonyl (C=S) groups is 1. The lowest BCUT2D eigenvalue weighted by Crippen LogP contribution is -2.10. The van der Waals surface area contributed by atoms with Crippen LogP contribution < -0.4 is 0 Å². The molecule has 0 nitrogen and oxygen atoms in total. The van der Waals surface area contributed by atoms with Gasteiger partial charge in [0.05, 0.1) is 0 Å². The van der Waals surface area contributed by atoms with Gasteiger partial charge in [-0.15, -0.1) is 0 Å². The van der Waals surface area contributed by atoms with Crippen molar-refractivity contribution >= 4 is 17.1 Å². The number of hydrogen-bond acceptors (Lipinski definition) is 1. The largest absolute Gasteiger partial charge is 0.0906 e. The van der Waals surface area contributed by atoms with E-state index in [1.807, 2.05) is 0 Å². The van der Waals surface area contributed by atoms with Crippen LogP contribution >= 0.6 is 12.2 Å². The van der Waals surface area contributed by atoms with Crippen molar-refractivity contribution in [3.8, 4) is 0 Å². The van der Waals surface area contributed by atoms with Gasteiger partial charge in [-0.1, -0.05) is 71.5 Å². The molecule has 0 rings (SSSR count). The Balaban J connectivity index is 4.84. The van der Waals surface area contributed by atoms with Crippen LogP contribution in [0.25, 0.3) is 0 Å². The van der Waals surface area contributed by atoms with Crippen LogP contribution in [0.5, 0.6) is 0 Å². The highest BCUT2D eigenvalue weighted by atomic mass is 32.1. The lowest BCUT2D eigenvalue weighted by molar-refractivity contribution is 0.480. The maximum absolute atomic E-state index is 5.26. The molecule has 0 aliphatic rings. The minimum Gasteiger partial charge on any atom is -0.0906 e. The monoisotopic (exact) mass is 224 g/mol. The van der Waals surface area contributed by atoms with E-state index in [2.05, 4.69) is 47.3 Å². The summed E-state index contributed by atoms with van der Waals surface area (Å²) in [4.78, 5) is 0.979. The lowest BCUT2D eigenvalue weighted by atomic mass is 9.82. The average Bonchev–Trinajstić information content (AvgIpc) is 2.14. The maximum atomic E-state index is 5.26. The molecular formula is C14H24S. The molecule has 0 aromatic rings. The van der Waals surface area contributed by atoms with Gasteiger partial charge in [-0.3, -0.25) is 0 Å². The normalized spacial score (nSPS) is 12.7. The molecule has 0 bridgehead atoms.